The van der Waals surface area contributed by atoms with E-state index in [-0.39, 0.29) is 7.25 Å². The van der Waals surface area contributed by atoms with Crippen LogP contribution in [-0.2, 0) is 15.6 Å². The number of halogens is 2. The van der Waals surface area contributed by atoms with Crippen molar-refractivity contribution in [3.05, 3.63) is 79.9 Å². The Bertz CT molecular complexity index is 1180. The molecule has 0 heterocycles. The first-order valence-corrected chi connectivity index (χ1v) is 30.3. The van der Waals surface area contributed by atoms with E-state index in [0.717, 1.165) is 12.8 Å². The summed E-state index contributed by atoms with van der Waals surface area (Å²) in [6.45, 7) is 23.4. The third-order valence-corrected chi connectivity index (χ3v) is 62.0. The molecular weight excluding hydrogens is 575 g/mol. The molecule has 0 amide bonds. The Morgan fingerprint density at radius 2 is 1.08 bits per heavy atom. The third-order valence-electron chi connectivity index (χ3n) is 9.80. The zero-order chi connectivity index (χ0) is 26.8. The summed E-state index contributed by atoms with van der Waals surface area (Å²) in [7, 11) is 16.8. The average molecular weight is 620 g/mol. The Balaban J connectivity index is 2.03. The summed E-state index contributed by atoms with van der Waals surface area (Å²) in [6, 6.07) is 9.38. The zero-order valence-corrected chi connectivity index (χ0v) is 29.1. The molecule has 0 radical (unpaired) electrons. The number of allylic oxidation sites excluding steroid dienone is 2. The molecule has 36 heavy (non-hydrogen) atoms. The Morgan fingerprint density at radius 1 is 0.722 bits per heavy atom. The van der Waals surface area contributed by atoms with Crippen molar-refractivity contribution in [2.24, 2.45) is 0 Å². The summed E-state index contributed by atoms with van der Waals surface area (Å²) in [5.74, 6) is -0.440. The van der Waals surface area contributed by atoms with Crippen LogP contribution >= 0.6 is 17.0 Å². The van der Waals surface area contributed by atoms with Crippen molar-refractivity contribution in [3.8, 4) is 0 Å². The predicted molar refractivity (Wildman–Crippen MR) is 163 cm³/mol. The summed E-state index contributed by atoms with van der Waals surface area (Å²) >= 11 is -4.59. The second-order valence-electron chi connectivity index (χ2n) is 12.2. The molecule has 0 bridgehead atoms. The monoisotopic (exact) mass is 617 g/mol. The fourth-order valence-electron chi connectivity index (χ4n) is 7.24. The van der Waals surface area contributed by atoms with Gasteiger partial charge in [0.15, 0.2) is 0 Å². The van der Waals surface area contributed by atoms with Gasteiger partial charge in [0.2, 0.25) is 0 Å². The molecule has 0 saturated heterocycles. The van der Waals surface area contributed by atoms with Gasteiger partial charge in [-0.15, -0.1) is 0 Å². The molecule has 4 rings (SSSR count). The number of fused-ring (bicyclic) bond motifs is 2. The van der Waals surface area contributed by atoms with Gasteiger partial charge in [0.25, 0.3) is 0 Å². The van der Waals surface area contributed by atoms with Crippen LogP contribution in [0.5, 0.6) is 0 Å². The van der Waals surface area contributed by atoms with Crippen LogP contribution in [0.15, 0.2) is 35.4 Å². The summed E-state index contributed by atoms with van der Waals surface area (Å²) in [6.07, 6.45) is 7.19. The van der Waals surface area contributed by atoms with Gasteiger partial charge < -0.3 is 0 Å². The molecule has 0 saturated carbocycles. The van der Waals surface area contributed by atoms with Gasteiger partial charge in [0.05, 0.1) is 0 Å². The second-order valence-corrected chi connectivity index (χ2v) is 54.7. The van der Waals surface area contributed by atoms with Gasteiger partial charge in [-0.05, 0) is 0 Å². The minimum absolute atomic E-state index is 0.186. The molecule has 4 atom stereocenters. The van der Waals surface area contributed by atoms with Crippen molar-refractivity contribution < 1.29 is 15.6 Å². The van der Waals surface area contributed by atoms with Gasteiger partial charge in [-0.1, -0.05) is 0 Å². The summed E-state index contributed by atoms with van der Waals surface area (Å²) < 4.78 is 0.373. The summed E-state index contributed by atoms with van der Waals surface area (Å²) in [5, 5.41) is 0. The van der Waals surface area contributed by atoms with Gasteiger partial charge in [-0.3, -0.25) is 0 Å². The molecule has 0 N–H and O–H groups in total. The number of hydrogen-bond acceptors (Lipinski definition) is 0. The predicted octanol–water partition coefficient (Wildman–Crippen LogP) is 10.9. The van der Waals surface area contributed by atoms with E-state index >= 15 is 0 Å². The zero-order valence-electron chi connectivity index (χ0n) is 24.0. The molecule has 2 aromatic carbocycles. The molecule has 4 unspecified atom stereocenters. The molecule has 0 aliphatic heterocycles. The molecule has 4 heteroatoms. The quantitative estimate of drug-likeness (QED) is 0.271. The Kier molecular flexibility index (Phi) is 7.92. The van der Waals surface area contributed by atoms with Crippen molar-refractivity contribution in [2.75, 3.05) is 0 Å². The van der Waals surface area contributed by atoms with Gasteiger partial charge in [-0.25, -0.2) is 0 Å². The van der Waals surface area contributed by atoms with Crippen LogP contribution in [-0.4, -0.2) is 5.92 Å². The summed E-state index contributed by atoms with van der Waals surface area (Å²) in [5.41, 5.74) is 14.2. The van der Waals surface area contributed by atoms with Crippen LogP contribution in [0.2, 0.25) is 13.1 Å². The number of aryl methyl sites for hydroxylation is 2. The van der Waals surface area contributed by atoms with Crippen molar-refractivity contribution in [3.63, 3.8) is 0 Å². The van der Waals surface area contributed by atoms with Crippen LogP contribution in [0.1, 0.15) is 118 Å². The molecule has 0 nitrogen and oxygen atoms in total. The van der Waals surface area contributed by atoms with Crippen LogP contribution in [0.4, 0.5) is 0 Å². The first-order valence-electron chi connectivity index (χ1n) is 14.0. The van der Waals surface area contributed by atoms with E-state index in [2.05, 4.69) is 105 Å². The first-order chi connectivity index (χ1) is 16.8. The topological polar surface area (TPSA) is 0 Å². The Hall–Kier alpha value is -0.400. The molecule has 2 aromatic rings. The molecule has 2 aliphatic rings. The van der Waals surface area contributed by atoms with Crippen LogP contribution in [0.25, 0.3) is 12.2 Å². The average Bonchev–Trinajstić information content (AvgIpc) is 3.37. The second kappa shape index (κ2) is 9.97. The van der Waals surface area contributed by atoms with Gasteiger partial charge in [0.1, 0.15) is 0 Å². The molecule has 2 aliphatic carbocycles. The number of rotatable bonds is 7. The first kappa shape index (κ1) is 28.6. The Labute approximate surface area is 229 Å². The van der Waals surface area contributed by atoms with E-state index in [9.17, 15) is 0 Å². The van der Waals surface area contributed by atoms with E-state index in [0.29, 0.717) is 11.8 Å². The van der Waals surface area contributed by atoms with Gasteiger partial charge in [-0.2, -0.15) is 0 Å². The fourth-order valence-corrected chi connectivity index (χ4v) is 40.2. The number of benzene rings is 2. The maximum atomic E-state index is 8.42. The van der Waals surface area contributed by atoms with E-state index in [1.807, 2.05) is 0 Å². The fraction of sp³-hybridized carbons (Fsp3) is 0.500. The van der Waals surface area contributed by atoms with Crippen LogP contribution < -0.4 is 0 Å². The van der Waals surface area contributed by atoms with Crippen molar-refractivity contribution in [1.82, 2.24) is 0 Å². The normalized spacial score (nSPS) is 22.0. The van der Waals surface area contributed by atoms with Crippen molar-refractivity contribution in [1.29, 1.82) is 0 Å². The molecule has 0 aromatic heterocycles. The van der Waals surface area contributed by atoms with Gasteiger partial charge in [0, 0.05) is 0 Å². The summed E-state index contributed by atoms with van der Waals surface area (Å²) in [4.78, 5) is 0. The van der Waals surface area contributed by atoms with Crippen LogP contribution in [0, 0.1) is 13.8 Å². The standard InChI is InChI=1S/2C15H19.C2H7Si.2ClH.Zr/c2*1-5-11(3)13-7-6-12(4)14-8-10(2)9-15(13)14;1-3-2;;;/h2*6-9,11H,5H2,1-4H3;3H,1-2H3;2*1H;/q;;;;;+2/p-2. The SMILES string of the molecule is CCC(C)c1ccc(C)c2c1C=C(C)[CH]2[Zr]([Cl])([Cl])([CH]1C(C)=Cc2c(C(C)CC)ccc(C)c21)[SiH](C)C. The van der Waals surface area contributed by atoms with Crippen molar-refractivity contribution in [2.45, 2.75) is 100 Å². The van der Waals surface area contributed by atoms with E-state index in [1.165, 1.54) is 55.7 Å². The third kappa shape index (κ3) is 4.08. The van der Waals surface area contributed by atoms with Gasteiger partial charge >= 0.3 is 231 Å². The molecular formula is C32H45Cl2SiZr. The molecule has 195 valence electrons. The van der Waals surface area contributed by atoms with E-state index in [4.69, 9.17) is 17.0 Å². The van der Waals surface area contributed by atoms with Crippen molar-refractivity contribution >= 4 is 35.1 Å². The Morgan fingerprint density at radius 3 is 1.39 bits per heavy atom. The van der Waals surface area contributed by atoms with Crippen LogP contribution in [0.3, 0.4) is 0 Å². The minimum atomic E-state index is -4.59. The molecule has 0 spiro atoms. The number of hydrogen-bond donors (Lipinski definition) is 0. The van der Waals surface area contributed by atoms with E-state index < -0.39 is 21.5 Å². The van der Waals surface area contributed by atoms with E-state index in [1.54, 1.807) is 0 Å². The molecule has 0 fully saturated rings. The maximum absolute atomic E-state index is 8.42.